The fourth-order valence-electron chi connectivity index (χ4n) is 1.40. The maximum Gasteiger partial charge on any atom is 0.360 e. The second kappa shape index (κ2) is 17.5. The predicted octanol–water partition coefficient (Wildman–Crippen LogP) is 2.11. The van der Waals surface area contributed by atoms with Crippen LogP contribution in [-0.2, 0) is 14.4 Å². The van der Waals surface area contributed by atoms with Crippen molar-refractivity contribution in [2.24, 2.45) is 25.0 Å². The Balaban J connectivity index is 7.17. The summed E-state index contributed by atoms with van der Waals surface area (Å²) in [7, 11) is 0. The topological polar surface area (TPSA) is 150 Å². The number of aliphatic imine (C=N–C) groups is 5. The van der Waals surface area contributed by atoms with Crippen LogP contribution in [0.5, 0.6) is 0 Å². The minimum atomic E-state index is -1.51. The minimum absolute atomic E-state index is 0.0549. The van der Waals surface area contributed by atoms with Gasteiger partial charge in [0.05, 0.1) is 0 Å². The fraction of sp³-hybridized carbons (Fsp3) is 0. The maximum atomic E-state index is 12.7. The van der Waals surface area contributed by atoms with Gasteiger partial charge in [-0.05, 0) is 35.6 Å². The van der Waals surface area contributed by atoms with E-state index in [9.17, 15) is 24.0 Å². The highest BCUT2D eigenvalue weighted by molar-refractivity contribution is 6.12. The highest BCUT2D eigenvalue weighted by Gasteiger charge is 2.27. The highest BCUT2D eigenvalue weighted by atomic mass is 16.2. The Kier molecular flexibility index (Phi) is 14.2. The normalized spacial score (nSPS) is 8.35. The number of hydrogen-bond acceptors (Lipinski definition) is 6. The lowest BCUT2D eigenvalue weighted by molar-refractivity contribution is 0.208. The SMILES string of the molecule is C=C=C=C=C=C(N=C=O)N(C(=O)N=C(C#CC=C=C)N=C=O)C(=O)N=C(C#CC=C=C)N=C=O. The molecule has 0 aliphatic carbocycles. The van der Waals surface area contributed by atoms with Gasteiger partial charge in [-0.3, -0.25) is 0 Å². The van der Waals surface area contributed by atoms with E-state index < -0.39 is 29.6 Å². The molecule has 0 radical (unpaired) electrons. The van der Waals surface area contributed by atoms with Crippen LogP contribution in [0.25, 0.3) is 0 Å². The molecule has 11 heteroatoms. The third-order valence-corrected chi connectivity index (χ3v) is 2.49. The summed E-state index contributed by atoms with van der Waals surface area (Å²) < 4.78 is 0. The largest absolute Gasteiger partial charge is 0.360 e. The third-order valence-electron chi connectivity index (χ3n) is 2.49. The van der Waals surface area contributed by atoms with Crippen LogP contribution in [0.1, 0.15) is 0 Å². The van der Waals surface area contributed by atoms with Crippen LogP contribution in [0.4, 0.5) is 9.59 Å². The van der Waals surface area contributed by atoms with Gasteiger partial charge >= 0.3 is 12.1 Å². The zero-order valence-electron chi connectivity index (χ0n) is 17.0. The van der Waals surface area contributed by atoms with Gasteiger partial charge in [0.2, 0.25) is 35.7 Å². The second-order valence-electron chi connectivity index (χ2n) is 4.49. The number of urea groups is 2. The molecular weight excluding hydrogens is 440 g/mol. The van der Waals surface area contributed by atoms with Crippen LogP contribution in [-0.4, -0.2) is 46.9 Å². The first-order chi connectivity index (χ1) is 16.5. The quantitative estimate of drug-likeness (QED) is 0.208. The van der Waals surface area contributed by atoms with Crippen molar-refractivity contribution in [2.75, 3.05) is 0 Å². The van der Waals surface area contributed by atoms with Crippen molar-refractivity contribution < 1.29 is 24.0 Å². The molecule has 0 aromatic rings. The highest BCUT2D eigenvalue weighted by Crippen LogP contribution is 2.10. The van der Waals surface area contributed by atoms with E-state index in [1.165, 1.54) is 0 Å². The summed E-state index contributed by atoms with van der Waals surface area (Å²) in [6.07, 6.45) is 5.55. The first kappa shape index (κ1) is 27.6. The van der Waals surface area contributed by atoms with Crippen molar-refractivity contribution in [1.29, 1.82) is 0 Å². The third kappa shape index (κ3) is 11.0. The van der Waals surface area contributed by atoms with Gasteiger partial charge in [-0.25, -0.2) is 24.0 Å². The zero-order chi connectivity index (χ0) is 25.6. The van der Waals surface area contributed by atoms with Crippen LogP contribution >= 0.6 is 0 Å². The number of rotatable bonds is 2. The molecule has 0 saturated carbocycles. The monoisotopic (exact) mass is 448 g/mol. The van der Waals surface area contributed by atoms with E-state index in [1.54, 1.807) is 0 Å². The molecule has 0 atom stereocenters. The molecule has 0 unspecified atom stereocenters. The van der Waals surface area contributed by atoms with E-state index in [1.807, 2.05) is 0 Å². The molecule has 0 N–H and O–H groups in total. The average Bonchev–Trinajstić information content (AvgIpc) is 2.80. The van der Waals surface area contributed by atoms with E-state index in [4.69, 9.17) is 0 Å². The van der Waals surface area contributed by atoms with Gasteiger partial charge < -0.3 is 0 Å². The first-order valence-electron chi connectivity index (χ1n) is 8.14. The number of isocyanates is 3. The molecule has 0 bridgehead atoms. The van der Waals surface area contributed by atoms with Gasteiger partial charge in [0.1, 0.15) is 0 Å². The lowest BCUT2D eigenvalue weighted by Gasteiger charge is -2.12. The summed E-state index contributed by atoms with van der Waals surface area (Å²) in [6.45, 7) is 9.73. The molecule has 0 heterocycles. The average molecular weight is 448 g/mol. The van der Waals surface area contributed by atoms with E-state index in [0.717, 1.165) is 30.4 Å². The van der Waals surface area contributed by atoms with Crippen molar-refractivity contribution in [1.82, 2.24) is 4.90 Å². The smallest absolute Gasteiger partial charge is 0.245 e. The zero-order valence-corrected chi connectivity index (χ0v) is 17.0. The Labute approximate surface area is 192 Å². The summed E-state index contributed by atoms with van der Waals surface area (Å²) in [5.74, 6) is 6.73. The van der Waals surface area contributed by atoms with Crippen molar-refractivity contribution in [3.8, 4) is 23.7 Å². The molecule has 0 aliphatic heterocycles. The van der Waals surface area contributed by atoms with Crippen molar-refractivity contribution >= 4 is 42.0 Å². The predicted molar refractivity (Wildman–Crippen MR) is 118 cm³/mol. The summed E-state index contributed by atoms with van der Waals surface area (Å²) in [5.41, 5.74) is 13.2. The summed E-state index contributed by atoms with van der Waals surface area (Å²) in [5, 5.41) is 0. The number of hydrogen-bond donors (Lipinski definition) is 0. The summed E-state index contributed by atoms with van der Waals surface area (Å²) in [4.78, 5) is 73.6. The molecule has 0 fully saturated rings. The number of carbonyl (C=O) groups excluding carboxylic acids is 5. The van der Waals surface area contributed by atoms with Crippen LogP contribution in [0.3, 0.4) is 0 Å². The Morgan fingerprint density at radius 1 is 0.706 bits per heavy atom. The van der Waals surface area contributed by atoms with Gasteiger partial charge in [0, 0.05) is 12.2 Å². The molecular formula is C23H8N6O5. The maximum absolute atomic E-state index is 12.7. The van der Waals surface area contributed by atoms with Crippen molar-refractivity contribution in [3.63, 3.8) is 0 Å². The van der Waals surface area contributed by atoms with Crippen molar-refractivity contribution in [3.05, 3.63) is 72.1 Å². The second-order valence-corrected chi connectivity index (χ2v) is 4.49. The fourth-order valence-corrected chi connectivity index (χ4v) is 1.40. The molecule has 0 aromatic heterocycles. The molecule has 11 nitrogen and oxygen atoms in total. The van der Waals surface area contributed by atoms with Gasteiger partial charge in [0.15, 0.2) is 0 Å². The van der Waals surface area contributed by atoms with Gasteiger partial charge in [0.25, 0.3) is 0 Å². The molecule has 4 amide bonds. The number of imide groups is 1. The molecule has 160 valence electrons. The first-order valence-corrected chi connectivity index (χ1v) is 8.14. The van der Waals surface area contributed by atoms with E-state index in [2.05, 4.69) is 103 Å². The van der Waals surface area contributed by atoms with Crippen LogP contribution in [0.2, 0.25) is 0 Å². The van der Waals surface area contributed by atoms with E-state index >= 15 is 0 Å². The number of carbonyl (C=O) groups is 2. The number of amides is 4. The van der Waals surface area contributed by atoms with E-state index in [-0.39, 0.29) is 4.90 Å². The summed E-state index contributed by atoms with van der Waals surface area (Å²) in [6, 6.07) is -3.03. The molecule has 34 heavy (non-hydrogen) atoms. The number of allylic oxidation sites excluding steroid dienone is 2. The molecule has 0 spiro atoms. The van der Waals surface area contributed by atoms with Gasteiger partial charge in [-0.2, -0.15) is 14.9 Å². The van der Waals surface area contributed by atoms with Crippen LogP contribution in [0, 0.1) is 23.7 Å². The minimum Gasteiger partial charge on any atom is -0.245 e. The Bertz CT molecular complexity index is 1400. The Hall–Kier alpha value is -6.36. The Morgan fingerprint density at radius 2 is 1.18 bits per heavy atom. The van der Waals surface area contributed by atoms with Crippen LogP contribution < -0.4 is 0 Å². The lowest BCUT2D eigenvalue weighted by atomic mass is 10.5. The lowest BCUT2D eigenvalue weighted by Crippen LogP contribution is -2.32. The van der Waals surface area contributed by atoms with Gasteiger partial charge in [-0.1, -0.05) is 30.7 Å². The number of nitrogens with zero attached hydrogens (tertiary/aromatic N) is 6. The molecule has 0 saturated heterocycles. The summed E-state index contributed by atoms with van der Waals surface area (Å²) >= 11 is 0. The molecule has 0 rings (SSSR count). The van der Waals surface area contributed by atoms with Crippen LogP contribution in [0.15, 0.2) is 97.1 Å². The Morgan fingerprint density at radius 3 is 1.56 bits per heavy atom. The molecule has 0 aliphatic rings. The standard InChI is InChI=1S/C23H8N6O5/c1-4-7-10-13-19(24-16-30)27-22(33)29(21(26-18-32)15-12-9-6-3)23(34)28-20(25-17-31)14-11-8-5-2/h7-8H,1-3H2. The van der Waals surface area contributed by atoms with Gasteiger partial charge in [-0.15, -0.1) is 26.4 Å². The van der Waals surface area contributed by atoms with E-state index in [0.29, 0.717) is 0 Å². The van der Waals surface area contributed by atoms with Crippen molar-refractivity contribution in [2.45, 2.75) is 0 Å². The molecule has 0 aromatic carbocycles. The number of amidine groups is 2.